The number of benzene rings is 1. The third-order valence-electron chi connectivity index (χ3n) is 3.67. The molecule has 0 spiro atoms. The first-order valence-electron chi connectivity index (χ1n) is 6.93. The van der Waals surface area contributed by atoms with Gasteiger partial charge in [-0.1, -0.05) is 0 Å². The lowest BCUT2D eigenvalue weighted by Crippen LogP contribution is -2.37. The van der Waals surface area contributed by atoms with E-state index in [0.29, 0.717) is 19.6 Å². The molecule has 1 aromatic rings. The van der Waals surface area contributed by atoms with Crippen molar-refractivity contribution in [3.63, 3.8) is 0 Å². The summed E-state index contributed by atoms with van der Waals surface area (Å²) in [5.41, 5.74) is 10.4. The highest BCUT2D eigenvalue weighted by molar-refractivity contribution is 5.63. The zero-order valence-electron chi connectivity index (χ0n) is 11.7. The van der Waals surface area contributed by atoms with Gasteiger partial charge in [-0.3, -0.25) is 4.90 Å². The van der Waals surface area contributed by atoms with E-state index in [1.54, 1.807) is 0 Å². The van der Waals surface area contributed by atoms with Gasteiger partial charge in [-0.2, -0.15) is 13.2 Å². The van der Waals surface area contributed by atoms with E-state index in [-0.39, 0.29) is 23.4 Å². The van der Waals surface area contributed by atoms with Crippen LogP contribution in [-0.2, 0) is 17.3 Å². The van der Waals surface area contributed by atoms with Crippen molar-refractivity contribution in [3.8, 4) is 0 Å². The first-order valence-corrected chi connectivity index (χ1v) is 6.93. The van der Waals surface area contributed by atoms with E-state index in [0.717, 1.165) is 19.6 Å². The summed E-state index contributed by atoms with van der Waals surface area (Å²) in [4.78, 5) is 2.18. The van der Waals surface area contributed by atoms with Gasteiger partial charge in [0.25, 0.3) is 0 Å². The van der Waals surface area contributed by atoms with Crippen molar-refractivity contribution in [2.45, 2.75) is 19.0 Å². The Bertz CT molecular complexity index is 485. The van der Waals surface area contributed by atoms with Crippen LogP contribution >= 0.6 is 0 Å². The van der Waals surface area contributed by atoms with Crippen LogP contribution in [0, 0.1) is 0 Å². The largest absolute Gasteiger partial charge is 0.418 e. The zero-order chi connectivity index (χ0) is 15.5. The van der Waals surface area contributed by atoms with Gasteiger partial charge >= 0.3 is 6.18 Å². The van der Waals surface area contributed by atoms with Gasteiger partial charge in [-0.05, 0) is 37.1 Å². The van der Waals surface area contributed by atoms with Crippen LogP contribution in [0.3, 0.4) is 0 Å². The SMILES string of the molecule is Nc1ccc(N)c(C(F)(F)F)c1CCCN1CCOCC1. The monoisotopic (exact) mass is 303 g/mol. The molecule has 1 aromatic carbocycles. The number of hydrogen-bond donors (Lipinski definition) is 2. The van der Waals surface area contributed by atoms with Gasteiger partial charge in [-0.25, -0.2) is 0 Å². The third kappa shape index (κ3) is 4.01. The van der Waals surface area contributed by atoms with Crippen LogP contribution in [0.1, 0.15) is 17.5 Å². The Kier molecular flexibility index (Phi) is 4.95. The third-order valence-corrected chi connectivity index (χ3v) is 3.67. The average molecular weight is 303 g/mol. The van der Waals surface area contributed by atoms with Gasteiger partial charge in [0.1, 0.15) is 0 Å². The van der Waals surface area contributed by atoms with E-state index < -0.39 is 11.7 Å². The summed E-state index contributed by atoms with van der Waals surface area (Å²) in [5, 5.41) is 0. The molecule has 1 aliphatic rings. The van der Waals surface area contributed by atoms with E-state index in [9.17, 15) is 13.2 Å². The Hall–Kier alpha value is -1.47. The minimum absolute atomic E-state index is 0.107. The Morgan fingerprint density at radius 3 is 2.33 bits per heavy atom. The maximum absolute atomic E-state index is 13.1. The highest BCUT2D eigenvalue weighted by Gasteiger charge is 2.36. The molecule has 0 saturated carbocycles. The summed E-state index contributed by atoms with van der Waals surface area (Å²) >= 11 is 0. The molecule has 0 radical (unpaired) electrons. The van der Waals surface area contributed by atoms with Crippen LogP contribution in [0.4, 0.5) is 24.5 Å². The fraction of sp³-hybridized carbons (Fsp3) is 0.571. The van der Waals surface area contributed by atoms with Crippen molar-refractivity contribution in [2.75, 3.05) is 44.3 Å². The molecular weight excluding hydrogens is 283 g/mol. The van der Waals surface area contributed by atoms with Crippen LogP contribution in [-0.4, -0.2) is 37.7 Å². The summed E-state index contributed by atoms with van der Waals surface area (Å²) in [6, 6.07) is 2.65. The maximum atomic E-state index is 13.1. The smallest absolute Gasteiger partial charge is 0.398 e. The molecule has 1 fully saturated rings. The molecule has 1 aliphatic heterocycles. The zero-order valence-corrected chi connectivity index (χ0v) is 11.7. The van der Waals surface area contributed by atoms with Gasteiger partial charge in [0.05, 0.1) is 18.8 Å². The second-order valence-corrected chi connectivity index (χ2v) is 5.15. The second kappa shape index (κ2) is 6.53. The number of alkyl halides is 3. The van der Waals surface area contributed by atoms with Crippen molar-refractivity contribution in [1.29, 1.82) is 0 Å². The molecule has 0 bridgehead atoms. The number of morpholine rings is 1. The molecule has 7 heteroatoms. The van der Waals surface area contributed by atoms with Crippen molar-refractivity contribution in [3.05, 3.63) is 23.3 Å². The molecule has 4 nitrogen and oxygen atoms in total. The number of anilines is 2. The number of halogens is 3. The molecule has 0 atom stereocenters. The fourth-order valence-electron chi connectivity index (χ4n) is 2.59. The Morgan fingerprint density at radius 1 is 1.10 bits per heavy atom. The minimum Gasteiger partial charge on any atom is -0.398 e. The lowest BCUT2D eigenvalue weighted by Gasteiger charge is -2.26. The van der Waals surface area contributed by atoms with Gasteiger partial charge in [0, 0.05) is 24.5 Å². The van der Waals surface area contributed by atoms with Crippen molar-refractivity contribution >= 4 is 11.4 Å². The molecule has 0 aromatic heterocycles. The van der Waals surface area contributed by atoms with E-state index in [4.69, 9.17) is 16.2 Å². The van der Waals surface area contributed by atoms with Gasteiger partial charge < -0.3 is 16.2 Å². The van der Waals surface area contributed by atoms with Gasteiger partial charge in [-0.15, -0.1) is 0 Å². The summed E-state index contributed by atoms with van der Waals surface area (Å²) in [6.07, 6.45) is -3.60. The number of nitrogens with zero attached hydrogens (tertiary/aromatic N) is 1. The molecular formula is C14H20F3N3O. The minimum atomic E-state index is -4.48. The topological polar surface area (TPSA) is 64.5 Å². The molecule has 1 heterocycles. The van der Waals surface area contributed by atoms with Crippen LogP contribution in [0.5, 0.6) is 0 Å². The maximum Gasteiger partial charge on any atom is 0.418 e. The van der Waals surface area contributed by atoms with E-state index in [1.165, 1.54) is 12.1 Å². The Morgan fingerprint density at radius 2 is 1.71 bits per heavy atom. The summed E-state index contributed by atoms with van der Waals surface area (Å²) in [7, 11) is 0. The molecule has 21 heavy (non-hydrogen) atoms. The summed E-state index contributed by atoms with van der Waals surface area (Å²) in [6.45, 7) is 3.72. The quantitative estimate of drug-likeness (QED) is 0.836. The number of hydrogen-bond acceptors (Lipinski definition) is 4. The van der Waals surface area contributed by atoms with E-state index in [2.05, 4.69) is 4.90 Å². The number of nitrogens with two attached hydrogens (primary N) is 2. The molecule has 118 valence electrons. The standard InChI is InChI=1S/C14H20F3N3O/c15-14(16,17)13-10(11(18)3-4-12(13)19)2-1-5-20-6-8-21-9-7-20/h3-4H,1-2,5-9,18-19H2. The second-order valence-electron chi connectivity index (χ2n) is 5.15. The Balaban J connectivity index is 2.06. The number of rotatable bonds is 4. The highest BCUT2D eigenvalue weighted by atomic mass is 19.4. The predicted octanol–water partition coefficient (Wildman–Crippen LogP) is 2.13. The summed E-state index contributed by atoms with van der Waals surface area (Å²) in [5.74, 6) is 0. The molecule has 0 unspecified atom stereocenters. The van der Waals surface area contributed by atoms with Crippen molar-refractivity contribution in [2.24, 2.45) is 0 Å². The van der Waals surface area contributed by atoms with Gasteiger partial charge in [0.15, 0.2) is 0 Å². The molecule has 0 aliphatic carbocycles. The highest BCUT2D eigenvalue weighted by Crippen LogP contribution is 2.39. The van der Waals surface area contributed by atoms with Gasteiger partial charge in [0.2, 0.25) is 0 Å². The lowest BCUT2D eigenvalue weighted by molar-refractivity contribution is -0.137. The lowest BCUT2D eigenvalue weighted by atomic mass is 9.98. The Labute approximate surface area is 121 Å². The molecule has 2 rings (SSSR count). The first kappa shape index (κ1) is 15.9. The number of nitrogen functional groups attached to an aromatic ring is 2. The van der Waals surface area contributed by atoms with Crippen molar-refractivity contribution in [1.82, 2.24) is 4.90 Å². The van der Waals surface area contributed by atoms with Crippen LogP contribution in [0.25, 0.3) is 0 Å². The molecule has 1 saturated heterocycles. The van der Waals surface area contributed by atoms with Crippen molar-refractivity contribution < 1.29 is 17.9 Å². The summed E-state index contributed by atoms with van der Waals surface area (Å²) < 4.78 is 44.6. The van der Waals surface area contributed by atoms with Crippen LogP contribution < -0.4 is 11.5 Å². The normalized spacial score (nSPS) is 17.1. The van der Waals surface area contributed by atoms with Crippen LogP contribution in [0.15, 0.2) is 12.1 Å². The van der Waals surface area contributed by atoms with E-state index in [1.807, 2.05) is 0 Å². The van der Waals surface area contributed by atoms with Crippen LogP contribution in [0.2, 0.25) is 0 Å². The molecule has 4 N–H and O–H groups in total. The predicted molar refractivity (Wildman–Crippen MR) is 75.8 cm³/mol. The average Bonchev–Trinajstić information content (AvgIpc) is 2.42. The number of ether oxygens (including phenoxy) is 1. The van der Waals surface area contributed by atoms with E-state index >= 15 is 0 Å². The fourth-order valence-corrected chi connectivity index (χ4v) is 2.59. The molecule has 0 amide bonds. The first-order chi connectivity index (χ1) is 9.89.